The summed E-state index contributed by atoms with van der Waals surface area (Å²) in [6, 6.07) is 19.5. The first-order valence-corrected chi connectivity index (χ1v) is 15.1. The fourth-order valence-electron chi connectivity index (χ4n) is 1.82. The van der Waals surface area contributed by atoms with Gasteiger partial charge in [-0.05, 0) is 0 Å². The van der Waals surface area contributed by atoms with Crippen LogP contribution in [0.25, 0.3) is 0 Å². The van der Waals surface area contributed by atoms with Gasteiger partial charge in [0, 0.05) is 0 Å². The van der Waals surface area contributed by atoms with Gasteiger partial charge < -0.3 is 0 Å². The second-order valence-electron chi connectivity index (χ2n) is 5.37. The van der Waals surface area contributed by atoms with E-state index < -0.39 is 22.0 Å². The number of hydrogen-bond acceptors (Lipinski definition) is 2. The Morgan fingerprint density at radius 1 is 0.667 bits per heavy atom. The fraction of sp³-hybridized carbons (Fsp3) is 0.400. The fourth-order valence-corrected chi connectivity index (χ4v) is 7.43. The number of benzene rings is 2. The second kappa shape index (κ2) is 16.1. The molecular formula is C20H28O2Sn2. The van der Waals surface area contributed by atoms with Gasteiger partial charge in [0.2, 0.25) is 0 Å². The van der Waals surface area contributed by atoms with Crippen molar-refractivity contribution in [3.8, 4) is 11.5 Å². The van der Waals surface area contributed by atoms with Crippen LogP contribution in [0, 0.1) is 0 Å². The normalized spacial score (nSPS) is 9.75. The van der Waals surface area contributed by atoms with Crippen LogP contribution in [0.15, 0.2) is 60.7 Å². The Bertz CT molecular complexity index is 446. The molecule has 0 aliphatic carbocycles. The molecule has 2 nitrogen and oxygen atoms in total. The van der Waals surface area contributed by atoms with Gasteiger partial charge in [-0.2, -0.15) is 0 Å². The van der Waals surface area contributed by atoms with Gasteiger partial charge in [0.25, 0.3) is 0 Å². The van der Waals surface area contributed by atoms with E-state index in [0.29, 0.717) is 0 Å². The average Bonchev–Trinajstić information content (AvgIpc) is 2.64. The van der Waals surface area contributed by atoms with Crippen molar-refractivity contribution in [1.82, 2.24) is 0 Å². The molecular weight excluding hydrogens is 510 g/mol. The van der Waals surface area contributed by atoms with Gasteiger partial charge in [-0.15, -0.1) is 0 Å². The van der Waals surface area contributed by atoms with E-state index in [9.17, 15) is 0 Å². The molecule has 0 aliphatic heterocycles. The Morgan fingerprint density at radius 3 is 1.46 bits per heavy atom. The Hall–Kier alpha value is -0.363. The van der Waals surface area contributed by atoms with Gasteiger partial charge in [0.05, 0.1) is 0 Å². The molecule has 4 heteroatoms. The molecule has 0 aliphatic rings. The van der Waals surface area contributed by atoms with Gasteiger partial charge in [-0.25, -0.2) is 0 Å². The van der Waals surface area contributed by atoms with Gasteiger partial charge in [0.1, 0.15) is 0 Å². The van der Waals surface area contributed by atoms with E-state index >= 15 is 0 Å². The van der Waals surface area contributed by atoms with Crippen molar-refractivity contribution in [3.05, 3.63) is 60.7 Å². The zero-order valence-corrected chi connectivity index (χ0v) is 20.5. The maximum absolute atomic E-state index is 5.56. The van der Waals surface area contributed by atoms with Crippen LogP contribution in [-0.2, 0) is 0 Å². The topological polar surface area (TPSA) is 18.5 Å². The van der Waals surface area contributed by atoms with E-state index in [1.165, 1.54) is 25.7 Å². The molecule has 0 fully saturated rings. The molecule has 0 amide bonds. The van der Waals surface area contributed by atoms with Crippen LogP contribution >= 0.6 is 0 Å². The average molecular weight is 538 g/mol. The summed E-state index contributed by atoms with van der Waals surface area (Å²) < 4.78 is 14.4. The molecule has 0 saturated heterocycles. The van der Waals surface area contributed by atoms with E-state index in [2.05, 4.69) is 13.8 Å². The van der Waals surface area contributed by atoms with Crippen LogP contribution < -0.4 is 6.15 Å². The molecule has 0 atom stereocenters. The Labute approximate surface area is 168 Å². The Balaban J connectivity index is 0.000000277. The molecule has 4 radical (unpaired) electrons. The molecule has 0 unspecified atom stereocenters. The Morgan fingerprint density at radius 2 is 1.08 bits per heavy atom. The predicted octanol–water partition coefficient (Wildman–Crippen LogP) is 5.81. The Kier molecular flexibility index (Phi) is 14.6. The first-order valence-electron chi connectivity index (χ1n) is 8.76. The maximum atomic E-state index is 5.56. The molecule has 0 aromatic heterocycles. The van der Waals surface area contributed by atoms with E-state index in [0.717, 1.165) is 11.5 Å². The minimum atomic E-state index is -1.26. The minimum absolute atomic E-state index is 0.149. The van der Waals surface area contributed by atoms with Crippen molar-refractivity contribution in [1.29, 1.82) is 0 Å². The molecule has 2 rings (SSSR count). The van der Waals surface area contributed by atoms with E-state index in [4.69, 9.17) is 6.15 Å². The summed E-state index contributed by atoms with van der Waals surface area (Å²) in [4.78, 5) is 0. The zero-order chi connectivity index (χ0) is 17.3. The third kappa shape index (κ3) is 12.1. The molecule has 128 valence electrons. The summed E-state index contributed by atoms with van der Waals surface area (Å²) in [5.41, 5.74) is 0. The van der Waals surface area contributed by atoms with Gasteiger partial charge in [-0.3, -0.25) is 0 Å². The van der Waals surface area contributed by atoms with Gasteiger partial charge >= 0.3 is 170 Å². The van der Waals surface area contributed by atoms with E-state index in [1.54, 1.807) is 8.87 Å². The number of rotatable bonds is 10. The molecule has 0 bridgehead atoms. The monoisotopic (exact) mass is 540 g/mol. The van der Waals surface area contributed by atoms with E-state index in [-0.39, 0.29) is 21.1 Å². The number of para-hydroxylation sites is 2. The molecule has 24 heavy (non-hydrogen) atoms. The summed E-state index contributed by atoms with van der Waals surface area (Å²) in [6.07, 6.45) is 5.84. The summed E-state index contributed by atoms with van der Waals surface area (Å²) in [7, 11) is 0. The van der Waals surface area contributed by atoms with Crippen molar-refractivity contribution >= 4 is 43.1 Å². The van der Waals surface area contributed by atoms with Crippen LogP contribution in [0.2, 0.25) is 8.87 Å². The van der Waals surface area contributed by atoms with Gasteiger partial charge in [-0.1, -0.05) is 0 Å². The molecule has 0 heterocycles. The molecule has 0 spiro atoms. The summed E-state index contributed by atoms with van der Waals surface area (Å²) >= 11 is -1.11. The van der Waals surface area contributed by atoms with E-state index in [1.807, 2.05) is 60.7 Å². The first kappa shape index (κ1) is 21.7. The molecule has 0 N–H and O–H groups in total. The number of hydrogen-bond donors (Lipinski definition) is 0. The first-order chi connectivity index (χ1) is 11.9. The third-order valence-corrected chi connectivity index (χ3v) is 9.08. The summed E-state index contributed by atoms with van der Waals surface area (Å²) in [5.74, 6) is 1.78. The predicted molar refractivity (Wildman–Crippen MR) is 105 cm³/mol. The molecule has 2 aromatic rings. The summed E-state index contributed by atoms with van der Waals surface area (Å²) in [6.45, 7) is 4.58. The van der Waals surface area contributed by atoms with Crippen molar-refractivity contribution < 1.29 is 6.15 Å². The van der Waals surface area contributed by atoms with Crippen molar-refractivity contribution in [3.63, 3.8) is 0 Å². The SMILES string of the molecule is CCC[CH2][Sn][CH2]CCC.c1ccc([O][Sn][O]c2ccccc2)cc1. The van der Waals surface area contributed by atoms with Crippen LogP contribution in [0.4, 0.5) is 0 Å². The van der Waals surface area contributed by atoms with Crippen LogP contribution in [0.3, 0.4) is 0 Å². The zero-order valence-electron chi connectivity index (χ0n) is 14.8. The summed E-state index contributed by atoms with van der Waals surface area (Å²) in [5, 5.41) is 0. The van der Waals surface area contributed by atoms with Crippen LogP contribution in [0.5, 0.6) is 11.5 Å². The number of unbranched alkanes of at least 4 members (excludes halogenated alkanes) is 2. The second-order valence-corrected chi connectivity index (χ2v) is 11.3. The van der Waals surface area contributed by atoms with Crippen molar-refractivity contribution in [2.24, 2.45) is 0 Å². The molecule has 0 saturated carbocycles. The van der Waals surface area contributed by atoms with Crippen molar-refractivity contribution in [2.75, 3.05) is 0 Å². The van der Waals surface area contributed by atoms with Crippen molar-refractivity contribution in [2.45, 2.75) is 48.4 Å². The van der Waals surface area contributed by atoms with Crippen LogP contribution in [0.1, 0.15) is 39.5 Å². The van der Waals surface area contributed by atoms with Gasteiger partial charge in [0.15, 0.2) is 0 Å². The standard InChI is InChI=1S/2C6H6O.2C4H9.2Sn/c2*7-6-4-2-1-3-5-6;2*1-3-4-2;;/h2*1-5,7H;2*1,3-4H2,2H3;;/q;;;;;+2/p-2. The third-order valence-electron chi connectivity index (χ3n) is 3.22. The van der Waals surface area contributed by atoms with Crippen LogP contribution in [-0.4, -0.2) is 43.1 Å². The quantitative estimate of drug-likeness (QED) is 0.281. The molecule has 2 aromatic carbocycles.